The number of rotatable bonds is 5. The Labute approximate surface area is 159 Å². The van der Waals surface area contributed by atoms with Gasteiger partial charge in [0.2, 0.25) is 5.95 Å². The summed E-state index contributed by atoms with van der Waals surface area (Å²) in [4.78, 5) is 24.1. The van der Waals surface area contributed by atoms with Crippen LogP contribution in [0.15, 0.2) is 24.3 Å². The number of carbonyl (C=O) groups is 1. The molecule has 1 N–H and O–H groups in total. The first-order valence-corrected chi connectivity index (χ1v) is 9.24. The lowest BCUT2D eigenvalue weighted by atomic mass is 10.2. The van der Waals surface area contributed by atoms with Gasteiger partial charge in [0.05, 0.1) is 19.9 Å². The average Bonchev–Trinajstić information content (AvgIpc) is 2.97. The highest BCUT2D eigenvalue weighted by Gasteiger charge is 2.18. The number of aromatic nitrogens is 2. The summed E-state index contributed by atoms with van der Waals surface area (Å²) < 4.78 is 10.6. The van der Waals surface area contributed by atoms with Crippen LogP contribution in [-0.2, 0) is 0 Å². The van der Waals surface area contributed by atoms with Crippen molar-refractivity contribution in [2.45, 2.75) is 32.6 Å². The molecule has 2 aromatic rings. The summed E-state index contributed by atoms with van der Waals surface area (Å²) in [7, 11) is 3.14. The first-order valence-electron chi connectivity index (χ1n) is 9.24. The highest BCUT2D eigenvalue weighted by molar-refractivity contribution is 6.04. The van der Waals surface area contributed by atoms with Crippen molar-refractivity contribution in [3.05, 3.63) is 35.7 Å². The molecule has 2 heterocycles. The Balaban J connectivity index is 1.84. The van der Waals surface area contributed by atoms with Crippen molar-refractivity contribution < 1.29 is 14.3 Å². The van der Waals surface area contributed by atoms with Crippen LogP contribution in [-0.4, -0.2) is 43.2 Å². The molecule has 1 aromatic carbocycles. The van der Waals surface area contributed by atoms with Crippen LogP contribution in [0.25, 0.3) is 0 Å². The second-order valence-corrected chi connectivity index (χ2v) is 6.62. The molecule has 1 aliphatic rings. The van der Waals surface area contributed by atoms with Crippen LogP contribution in [0.3, 0.4) is 0 Å². The van der Waals surface area contributed by atoms with E-state index in [1.807, 2.05) is 6.92 Å². The maximum Gasteiger partial charge on any atom is 0.274 e. The minimum Gasteiger partial charge on any atom is -0.497 e. The predicted octanol–water partition coefficient (Wildman–Crippen LogP) is 3.43. The first kappa shape index (κ1) is 18.9. The zero-order valence-corrected chi connectivity index (χ0v) is 16.1. The molecule has 0 bridgehead atoms. The van der Waals surface area contributed by atoms with Gasteiger partial charge < -0.3 is 19.7 Å². The van der Waals surface area contributed by atoms with Gasteiger partial charge in [-0.1, -0.05) is 12.8 Å². The maximum absolute atomic E-state index is 12.8. The quantitative estimate of drug-likeness (QED) is 0.869. The van der Waals surface area contributed by atoms with Crippen molar-refractivity contribution in [2.24, 2.45) is 0 Å². The largest absolute Gasteiger partial charge is 0.497 e. The van der Waals surface area contributed by atoms with Gasteiger partial charge in [0.1, 0.15) is 17.2 Å². The van der Waals surface area contributed by atoms with Crippen molar-refractivity contribution in [2.75, 3.05) is 37.5 Å². The molecule has 7 nitrogen and oxygen atoms in total. The lowest BCUT2D eigenvalue weighted by molar-refractivity contribution is 0.102. The van der Waals surface area contributed by atoms with E-state index in [9.17, 15) is 4.79 Å². The van der Waals surface area contributed by atoms with E-state index in [1.165, 1.54) is 12.8 Å². The number of anilines is 2. The summed E-state index contributed by atoms with van der Waals surface area (Å²) >= 11 is 0. The molecule has 0 unspecified atom stereocenters. The Morgan fingerprint density at radius 2 is 1.78 bits per heavy atom. The molecule has 3 rings (SSSR count). The number of hydrogen-bond acceptors (Lipinski definition) is 6. The van der Waals surface area contributed by atoms with Gasteiger partial charge in [-0.3, -0.25) is 4.79 Å². The minimum absolute atomic E-state index is 0.303. The molecule has 0 spiro atoms. The fourth-order valence-corrected chi connectivity index (χ4v) is 3.18. The van der Waals surface area contributed by atoms with Crippen molar-refractivity contribution in [1.82, 2.24) is 9.97 Å². The van der Waals surface area contributed by atoms with Crippen LogP contribution in [0.2, 0.25) is 0 Å². The average molecular weight is 370 g/mol. The van der Waals surface area contributed by atoms with Crippen LogP contribution in [0.1, 0.15) is 41.9 Å². The Morgan fingerprint density at radius 1 is 1.04 bits per heavy atom. The maximum atomic E-state index is 12.8. The fraction of sp³-hybridized carbons (Fsp3) is 0.450. The highest BCUT2D eigenvalue weighted by atomic mass is 16.5. The molecule has 1 aliphatic heterocycles. The number of methoxy groups -OCH3 is 2. The lowest BCUT2D eigenvalue weighted by Gasteiger charge is -2.21. The predicted molar refractivity (Wildman–Crippen MR) is 105 cm³/mol. The van der Waals surface area contributed by atoms with Gasteiger partial charge >= 0.3 is 0 Å². The SMILES string of the molecule is COc1ccc(OC)c(NC(=O)c2cc(C)nc(N3CCCCCC3)n2)c1. The van der Waals surface area contributed by atoms with E-state index in [2.05, 4.69) is 20.2 Å². The van der Waals surface area contributed by atoms with E-state index in [-0.39, 0.29) is 5.91 Å². The number of aryl methyl sites for hydroxylation is 1. The van der Waals surface area contributed by atoms with Gasteiger partial charge in [0.15, 0.2) is 0 Å². The van der Waals surface area contributed by atoms with Crippen LogP contribution in [0, 0.1) is 6.92 Å². The Bertz CT molecular complexity index is 802. The Hall–Kier alpha value is -2.83. The zero-order chi connectivity index (χ0) is 19.2. The van der Waals surface area contributed by atoms with Gasteiger partial charge in [-0.25, -0.2) is 9.97 Å². The molecule has 0 aliphatic carbocycles. The van der Waals surface area contributed by atoms with E-state index >= 15 is 0 Å². The number of benzene rings is 1. The van der Waals surface area contributed by atoms with Crippen LogP contribution in [0.4, 0.5) is 11.6 Å². The summed E-state index contributed by atoms with van der Waals surface area (Å²) in [6, 6.07) is 6.95. The molecule has 0 saturated carbocycles. The molecule has 0 radical (unpaired) electrons. The van der Waals surface area contributed by atoms with E-state index < -0.39 is 0 Å². The third-order valence-corrected chi connectivity index (χ3v) is 4.62. The van der Waals surface area contributed by atoms with Gasteiger partial charge in [0, 0.05) is 24.8 Å². The van der Waals surface area contributed by atoms with Crippen molar-refractivity contribution in [3.63, 3.8) is 0 Å². The van der Waals surface area contributed by atoms with Gasteiger partial charge in [-0.2, -0.15) is 0 Å². The second kappa shape index (κ2) is 8.70. The normalized spacial score (nSPS) is 14.4. The van der Waals surface area contributed by atoms with Gasteiger partial charge in [0.25, 0.3) is 5.91 Å². The molecular formula is C20H26N4O3. The van der Waals surface area contributed by atoms with Crippen molar-refractivity contribution in [1.29, 1.82) is 0 Å². The Kier molecular flexibility index (Phi) is 6.11. The molecule has 1 saturated heterocycles. The topological polar surface area (TPSA) is 76.6 Å². The summed E-state index contributed by atoms with van der Waals surface area (Å²) in [5.41, 5.74) is 1.65. The van der Waals surface area contributed by atoms with E-state index in [1.54, 1.807) is 38.5 Å². The lowest BCUT2D eigenvalue weighted by Crippen LogP contribution is -2.27. The number of ether oxygens (including phenoxy) is 2. The summed E-state index contributed by atoms with van der Waals surface area (Å²) in [5.74, 6) is 1.51. The molecule has 7 heteroatoms. The number of nitrogens with one attached hydrogen (secondary N) is 1. The minimum atomic E-state index is -0.303. The van der Waals surface area contributed by atoms with Crippen molar-refractivity contribution >= 4 is 17.5 Å². The molecular weight excluding hydrogens is 344 g/mol. The standard InChI is InChI=1S/C20H26N4O3/c1-14-12-17(23-20(21-14)24-10-6-4-5-7-11-24)19(25)22-16-13-15(26-2)8-9-18(16)27-3/h8-9,12-13H,4-7,10-11H2,1-3H3,(H,22,25). The molecule has 1 fully saturated rings. The number of carbonyl (C=O) groups excluding carboxylic acids is 1. The Morgan fingerprint density at radius 3 is 2.44 bits per heavy atom. The highest BCUT2D eigenvalue weighted by Crippen LogP contribution is 2.29. The summed E-state index contributed by atoms with van der Waals surface area (Å²) in [6.07, 6.45) is 4.70. The number of amides is 1. The number of hydrogen-bond donors (Lipinski definition) is 1. The summed E-state index contributed by atoms with van der Waals surface area (Å²) in [6.45, 7) is 3.73. The zero-order valence-electron chi connectivity index (χ0n) is 16.1. The van der Waals surface area contributed by atoms with Crippen molar-refractivity contribution in [3.8, 4) is 11.5 Å². The van der Waals surface area contributed by atoms with E-state index in [0.29, 0.717) is 28.8 Å². The monoisotopic (exact) mass is 370 g/mol. The summed E-state index contributed by atoms with van der Waals surface area (Å²) in [5, 5.41) is 2.87. The van der Waals surface area contributed by atoms with Crippen LogP contribution < -0.4 is 19.7 Å². The molecule has 0 atom stereocenters. The molecule has 1 aromatic heterocycles. The van der Waals surface area contributed by atoms with Gasteiger partial charge in [-0.05, 0) is 38.0 Å². The molecule has 1 amide bonds. The number of nitrogens with zero attached hydrogens (tertiary/aromatic N) is 3. The van der Waals surface area contributed by atoms with E-state index in [0.717, 1.165) is 31.6 Å². The van der Waals surface area contributed by atoms with Crippen LogP contribution in [0.5, 0.6) is 11.5 Å². The second-order valence-electron chi connectivity index (χ2n) is 6.62. The third-order valence-electron chi connectivity index (χ3n) is 4.62. The molecule has 27 heavy (non-hydrogen) atoms. The smallest absolute Gasteiger partial charge is 0.274 e. The first-order chi connectivity index (χ1) is 13.1. The van der Waals surface area contributed by atoms with Gasteiger partial charge in [-0.15, -0.1) is 0 Å². The third kappa shape index (κ3) is 4.67. The van der Waals surface area contributed by atoms with Crippen LogP contribution >= 0.6 is 0 Å². The van der Waals surface area contributed by atoms with E-state index in [4.69, 9.17) is 9.47 Å². The molecule has 144 valence electrons. The fourth-order valence-electron chi connectivity index (χ4n) is 3.18.